The molecule has 10 nitrogen and oxygen atoms in total. The first-order valence-corrected chi connectivity index (χ1v) is 15.8. The Morgan fingerprint density at radius 3 is 2.78 bits per heavy atom. The molecule has 1 aliphatic heterocycles. The van der Waals surface area contributed by atoms with E-state index in [0.717, 1.165) is 61.7 Å². The number of hydrogen-bond acceptors (Lipinski definition) is 9. The van der Waals surface area contributed by atoms with Crippen molar-refractivity contribution in [1.82, 2.24) is 24.7 Å². The minimum absolute atomic E-state index is 0.0609. The zero-order valence-corrected chi connectivity index (χ0v) is 25.4. The molecule has 3 N–H and O–H groups in total. The summed E-state index contributed by atoms with van der Waals surface area (Å²) in [4.78, 5) is 20.9. The third-order valence-corrected chi connectivity index (χ3v) is 9.28. The predicted molar refractivity (Wildman–Crippen MR) is 168 cm³/mol. The summed E-state index contributed by atoms with van der Waals surface area (Å²) in [6, 6.07) is 4.02. The second-order valence-corrected chi connectivity index (χ2v) is 12.0. The molecule has 4 aromatic heterocycles. The molecule has 4 aromatic rings. The number of aryl methyl sites for hydroxylation is 1. The highest BCUT2D eigenvalue weighted by atomic mass is 32.2. The summed E-state index contributed by atoms with van der Waals surface area (Å²) in [5.41, 5.74) is 4.53. The van der Waals surface area contributed by atoms with E-state index in [1.54, 1.807) is 23.6 Å². The molecular weight excluding hydrogens is 560 g/mol. The van der Waals surface area contributed by atoms with E-state index < -0.39 is 10.0 Å². The first kappa shape index (κ1) is 30.5. The van der Waals surface area contributed by atoms with Crippen molar-refractivity contribution >= 4 is 54.0 Å². The van der Waals surface area contributed by atoms with Crippen LogP contribution in [0.5, 0.6) is 0 Å². The summed E-state index contributed by atoms with van der Waals surface area (Å²) in [6.45, 7) is 14.1. The molecule has 1 aliphatic rings. The number of ether oxygens (including phenoxy) is 1. The zero-order valence-electron chi connectivity index (χ0n) is 23.8. The molecule has 12 heteroatoms. The maximum atomic E-state index is 12.2. The number of hydrogen-bond donors (Lipinski definition) is 3. The van der Waals surface area contributed by atoms with Gasteiger partial charge in [0, 0.05) is 47.9 Å². The van der Waals surface area contributed by atoms with E-state index in [9.17, 15) is 8.42 Å². The van der Waals surface area contributed by atoms with Gasteiger partial charge in [0.25, 0.3) is 0 Å². The van der Waals surface area contributed by atoms with Crippen LogP contribution in [0.2, 0.25) is 0 Å². The molecule has 0 radical (unpaired) electrons. The van der Waals surface area contributed by atoms with Crippen LogP contribution in [0.3, 0.4) is 0 Å². The van der Waals surface area contributed by atoms with Crippen LogP contribution in [-0.2, 0) is 14.8 Å². The lowest BCUT2D eigenvalue weighted by molar-refractivity contribution is 0.122. The van der Waals surface area contributed by atoms with Crippen molar-refractivity contribution in [2.24, 2.45) is 0 Å². The third-order valence-electron chi connectivity index (χ3n) is 6.45. The number of rotatable bonds is 9. The van der Waals surface area contributed by atoms with Crippen LogP contribution in [0, 0.1) is 6.92 Å². The summed E-state index contributed by atoms with van der Waals surface area (Å²) in [6.07, 6.45) is 8.61. The zero-order chi connectivity index (χ0) is 29.6. The molecule has 0 spiro atoms. The van der Waals surface area contributed by atoms with Crippen molar-refractivity contribution in [3.63, 3.8) is 0 Å². The molecule has 0 atom stereocenters. The lowest BCUT2D eigenvalue weighted by atomic mass is 10.1. The smallest absolute Gasteiger partial charge is 0.240 e. The Balaban J connectivity index is 0.00000189. The maximum absolute atomic E-state index is 12.2. The van der Waals surface area contributed by atoms with Crippen molar-refractivity contribution in [3.05, 3.63) is 64.7 Å². The number of nitrogens with one attached hydrogen (secondary N) is 2. The minimum atomic E-state index is -3.73. The SMILES string of the molecule is C=C(/C=C\C=C(/C)c1sc2c(N3CCOCC3)nc(-c3cnc4[nH]ccc4c3)nc2c1C)S(=O)(=O)NCCO.CC. The molecule has 0 aromatic carbocycles. The molecule has 0 saturated carbocycles. The van der Waals surface area contributed by atoms with E-state index in [4.69, 9.17) is 19.8 Å². The van der Waals surface area contributed by atoms with Gasteiger partial charge < -0.3 is 19.7 Å². The number of H-pyrrole nitrogens is 1. The molecular formula is C29H36N6O4S2. The Morgan fingerprint density at radius 1 is 1.29 bits per heavy atom. The second-order valence-electron chi connectivity index (χ2n) is 9.14. The largest absolute Gasteiger partial charge is 0.395 e. The molecule has 5 rings (SSSR count). The van der Waals surface area contributed by atoms with Crippen LogP contribution in [0.1, 0.15) is 31.2 Å². The van der Waals surface area contributed by atoms with Gasteiger partial charge in [-0.1, -0.05) is 32.6 Å². The monoisotopic (exact) mass is 596 g/mol. The van der Waals surface area contributed by atoms with Gasteiger partial charge in [-0.3, -0.25) is 0 Å². The summed E-state index contributed by atoms with van der Waals surface area (Å²) in [5, 5.41) is 9.88. The summed E-state index contributed by atoms with van der Waals surface area (Å²) in [7, 11) is -3.73. The van der Waals surface area contributed by atoms with Crippen LogP contribution in [-0.4, -0.2) is 72.9 Å². The van der Waals surface area contributed by atoms with E-state index in [0.29, 0.717) is 19.0 Å². The van der Waals surface area contributed by atoms with Gasteiger partial charge in [0.15, 0.2) is 11.6 Å². The lowest BCUT2D eigenvalue weighted by Crippen LogP contribution is -2.36. The molecule has 0 bridgehead atoms. The van der Waals surface area contributed by atoms with Gasteiger partial charge in [-0.05, 0) is 43.2 Å². The number of morpholine rings is 1. The fourth-order valence-corrected chi connectivity index (χ4v) is 6.42. The van der Waals surface area contributed by atoms with Crippen LogP contribution in [0.15, 0.2) is 54.2 Å². The fourth-order valence-electron chi connectivity index (χ4n) is 4.37. The number of aliphatic hydroxyl groups is 1. The van der Waals surface area contributed by atoms with Crippen molar-refractivity contribution < 1.29 is 18.3 Å². The first-order valence-electron chi connectivity index (χ1n) is 13.5. The number of nitrogens with zero attached hydrogens (tertiary/aromatic N) is 4. The van der Waals surface area contributed by atoms with E-state index in [1.165, 1.54) is 6.08 Å². The molecule has 218 valence electrons. The van der Waals surface area contributed by atoms with Crippen LogP contribution in [0.25, 0.3) is 38.2 Å². The van der Waals surface area contributed by atoms with Gasteiger partial charge in [-0.2, -0.15) is 0 Å². The number of pyridine rings is 1. The Bertz CT molecular complexity index is 1700. The molecule has 0 unspecified atom stereocenters. The van der Waals surface area contributed by atoms with Crippen LogP contribution >= 0.6 is 11.3 Å². The van der Waals surface area contributed by atoms with Gasteiger partial charge in [-0.25, -0.2) is 28.1 Å². The second kappa shape index (κ2) is 13.5. The van der Waals surface area contributed by atoms with Crippen molar-refractivity contribution in [2.45, 2.75) is 27.7 Å². The van der Waals surface area contributed by atoms with Gasteiger partial charge in [0.1, 0.15) is 5.65 Å². The first-order chi connectivity index (χ1) is 19.8. The van der Waals surface area contributed by atoms with Crippen LogP contribution in [0.4, 0.5) is 5.82 Å². The number of aromatic nitrogens is 4. The Hall–Kier alpha value is -3.42. The summed E-state index contributed by atoms with van der Waals surface area (Å²) >= 11 is 1.62. The normalized spacial score (nSPS) is 14.6. The van der Waals surface area contributed by atoms with E-state index in [2.05, 4.69) is 26.2 Å². The van der Waals surface area contributed by atoms with Crippen molar-refractivity contribution in [2.75, 3.05) is 44.4 Å². The number of sulfonamides is 1. The molecule has 0 amide bonds. The Morgan fingerprint density at radius 2 is 2.05 bits per heavy atom. The summed E-state index contributed by atoms with van der Waals surface area (Å²) in [5.74, 6) is 1.50. The average molecular weight is 597 g/mol. The number of aliphatic hydroxyl groups excluding tert-OH is 1. The number of allylic oxidation sites excluding steroid dienone is 4. The van der Waals surface area contributed by atoms with Gasteiger partial charge in [-0.15, -0.1) is 11.3 Å². The van der Waals surface area contributed by atoms with Gasteiger partial charge in [0.05, 0.1) is 34.9 Å². The van der Waals surface area contributed by atoms with E-state index in [-0.39, 0.29) is 18.1 Å². The fraction of sp³-hybridized carbons (Fsp3) is 0.345. The highest BCUT2D eigenvalue weighted by molar-refractivity contribution is 7.93. The third kappa shape index (κ3) is 6.74. The van der Waals surface area contributed by atoms with Crippen molar-refractivity contribution in [3.8, 4) is 11.4 Å². The Kier molecular flexibility index (Phi) is 10.1. The van der Waals surface area contributed by atoms with Crippen LogP contribution < -0.4 is 9.62 Å². The number of anilines is 1. The standard InChI is InChI=1S/C27H30N6O4S2.C2H6/c1-17(5-4-6-18(2)39(35,36)30-9-12-34)23-19(3)22-24(38-23)27(33-10-13-37-14-11-33)32-26(31-22)21-15-20-7-8-28-25(20)29-16-21;1-2/h4-8,15-16,30,34H,2,9-14H2,1,3H3,(H,28,29);1-2H3/b6-4-,17-5+;. The lowest BCUT2D eigenvalue weighted by Gasteiger charge is -2.28. The van der Waals surface area contributed by atoms with Gasteiger partial charge in [0.2, 0.25) is 10.0 Å². The predicted octanol–water partition coefficient (Wildman–Crippen LogP) is 4.79. The number of aromatic amines is 1. The number of fused-ring (bicyclic) bond motifs is 2. The average Bonchev–Trinajstić information content (AvgIpc) is 3.61. The molecule has 41 heavy (non-hydrogen) atoms. The van der Waals surface area contributed by atoms with E-state index in [1.807, 2.05) is 52.1 Å². The highest BCUT2D eigenvalue weighted by Gasteiger charge is 2.23. The highest BCUT2D eigenvalue weighted by Crippen LogP contribution is 2.40. The summed E-state index contributed by atoms with van der Waals surface area (Å²) < 4.78 is 33.2. The maximum Gasteiger partial charge on any atom is 0.240 e. The van der Waals surface area contributed by atoms with Crippen molar-refractivity contribution in [1.29, 1.82) is 0 Å². The molecule has 5 heterocycles. The topological polar surface area (TPSA) is 133 Å². The Labute approximate surface area is 244 Å². The molecule has 1 saturated heterocycles. The minimum Gasteiger partial charge on any atom is -0.395 e. The quantitative estimate of drug-likeness (QED) is 0.235. The number of thiophene rings is 1. The molecule has 0 aliphatic carbocycles. The van der Waals surface area contributed by atoms with Gasteiger partial charge >= 0.3 is 0 Å². The van der Waals surface area contributed by atoms with E-state index >= 15 is 0 Å². The molecule has 1 fully saturated rings.